The molecule has 0 saturated heterocycles. The first-order chi connectivity index (χ1) is 5.36. The summed E-state index contributed by atoms with van der Waals surface area (Å²) in [6.45, 7) is 1.92. The summed E-state index contributed by atoms with van der Waals surface area (Å²) in [7, 11) is 0. The predicted octanol–water partition coefficient (Wildman–Crippen LogP) is 2.71. The largest absolute Gasteiger partial charge is 0.356 e. The summed E-state index contributed by atoms with van der Waals surface area (Å²) in [5.74, 6) is 0.851. The van der Waals surface area contributed by atoms with E-state index in [2.05, 4.69) is 5.16 Å². The van der Waals surface area contributed by atoms with Gasteiger partial charge >= 0.3 is 0 Å². The second kappa shape index (κ2) is 2.51. The van der Waals surface area contributed by atoms with E-state index in [1.54, 1.807) is 11.3 Å². The molecule has 0 aliphatic carbocycles. The van der Waals surface area contributed by atoms with Gasteiger partial charge in [0.15, 0.2) is 5.76 Å². The minimum atomic E-state index is 0.851. The van der Waals surface area contributed by atoms with Crippen LogP contribution in [0.25, 0.3) is 11.3 Å². The van der Waals surface area contributed by atoms with E-state index in [1.807, 2.05) is 29.8 Å². The van der Waals surface area contributed by atoms with E-state index in [0.717, 1.165) is 17.0 Å². The summed E-state index contributed by atoms with van der Waals surface area (Å²) >= 11 is 1.66. The van der Waals surface area contributed by atoms with Gasteiger partial charge in [0.25, 0.3) is 0 Å². The average Bonchev–Trinajstić information content (AvgIpc) is 2.55. The molecule has 0 amide bonds. The van der Waals surface area contributed by atoms with Crippen molar-refractivity contribution in [1.29, 1.82) is 0 Å². The third kappa shape index (κ3) is 1.19. The van der Waals surface area contributed by atoms with Gasteiger partial charge in [-0.15, -0.1) is 0 Å². The molecule has 0 bridgehead atoms. The van der Waals surface area contributed by atoms with E-state index in [0.29, 0.717) is 0 Å². The molecule has 0 aliphatic heterocycles. The smallest absolute Gasteiger partial charge is 0.167 e. The Kier molecular flexibility index (Phi) is 1.51. The van der Waals surface area contributed by atoms with Crippen LogP contribution in [0.5, 0.6) is 0 Å². The van der Waals surface area contributed by atoms with Gasteiger partial charge in [-0.25, -0.2) is 0 Å². The minimum Gasteiger partial charge on any atom is -0.356 e. The summed E-state index contributed by atoms with van der Waals surface area (Å²) in [5.41, 5.74) is 2.03. The minimum absolute atomic E-state index is 0.851. The molecule has 0 spiro atoms. The molecular formula is C8H7NOS. The summed E-state index contributed by atoms with van der Waals surface area (Å²) < 4.78 is 5.07. The van der Waals surface area contributed by atoms with Crippen LogP contribution in [0.1, 0.15) is 5.69 Å². The second-order valence-electron chi connectivity index (χ2n) is 2.34. The van der Waals surface area contributed by atoms with Gasteiger partial charge in [-0.3, -0.25) is 0 Å². The van der Waals surface area contributed by atoms with Crippen LogP contribution in [0.4, 0.5) is 0 Å². The Morgan fingerprint density at radius 2 is 2.45 bits per heavy atom. The molecule has 0 unspecified atom stereocenters. The van der Waals surface area contributed by atoms with E-state index >= 15 is 0 Å². The van der Waals surface area contributed by atoms with E-state index in [1.165, 1.54) is 0 Å². The van der Waals surface area contributed by atoms with Crippen LogP contribution >= 0.6 is 11.3 Å². The number of hydrogen-bond acceptors (Lipinski definition) is 3. The molecule has 2 aromatic heterocycles. The van der Waals surface area contributed by atoms with Gasteiger partial charge in [-0.1, -0.05) is 5.16 Å². The highest BCUT2D eigenvalue weighted by Gasteiger charge is 2.02. The van der Waals surface area contributed by atoms with Crippen molar-refractivity contribution in [3.05, 3.63) is 28.6 Å². The van der Waals surface area contributed by atoms with Crippen molar-refractivity contribution in [1.82, 2.24) is 5.16 Å². The Bertz CT molecular complexity index is 337. The van der Waals surface area contributed by atoms with Crippen molar-refractivity contribution in [3.63, 3.8) is 0 Å². The van der Waals surface area contributed by atoms with Crippen LogP contribution in [-0.2, 0) is 0 Å². The first kappa shape index (κ1) is 6.61. The summed E-state index contributed by atoms with van der Waals surface area (Å²) in [5, 5.41) is 7.86. The summed E-state index contributed by atoms with van der Waals surface area (Å²) in [6, 6.07) is 3.95. The normalized spacial score (nSPS) is 10.3. The van der Waals surface area contributed by atoms with Gasteiger partial charge in [-0.2, -0.15) is 11.3 Å². The lowest BCUT2D eigenvalue weighted by molar-refractivity contribution is 0.427. The zero-order valence-corrected chi connectivity index (χ0v) is 6.89. The Morgan fingerprint density at radius 3 is 3.00 bits per heavy atom. The van der Waals surface area contributed by atoms with Gasteiger partial charge in [-0.05, 0) is 18.4 Å². The number of hydrogen-bond donors (Lipinski definition) is 0. The molecular weight excluding hydrogens is 158 g/mol. The van der Waals surface area contributed by atoms with Crippen LogP contribution in [-0.4, -0.2) is 5.16 Å². The highest BCUT2D eigenvalue weighted by molar-refractivity contribution is 7.08. The molecule has 2 heterocycles. The molecule has 56 valence electrons. The van der Waals surface area contributed by atoms with Crippen molar-refractivity contribution < 1.29 is 4.52 Å². The third-order valence-electron chi connectivity index (χ3n) is 1.43. The Balaban J connectivity index is 2.45. The van der Waals surface area contributed by atoms with Gasteiger partial charge in [0.05, 0.1) is 5.69 Å². The lowest BCUT2D eigenvalue weighted by Gasteiger charge is -1.83. The SMILES string of the molecule is Cc1cc(-c2ccsc2)on1. The highest BCUT2D eigenvalue weighted by Crippen LogP contribution is 2.22. The highest BCUT2D eigenvalue weighted by atomic mass is 32.1. The lowest BCUT2D eigenvalue weighted by atomic mass is 10.2. The second-order valence-corrected chi connectivity index (χ2v) is 3.12. The van der Waals surface area contributed by atoms with Crippen molar-refractivity contribution in [2.45, 2.75) is 6.92 Å². The van der Waals surface area contributed by atoms with Gasteiger partial charge in [0, 0.05) is 17.0 Å². The number of aromatic nitrogens is 1. The predicted molar refractivity (Wildman–Crippen MR) is 44.6 cm³/mol. The third-order valence-corrected chi connectivity index (χ3v) is 2.12. The zero-order chi connectivity index (χ0) is 7.68. The molecule has 0 N–H and O–H groups in total. The van der Waals surface area contributed by atoms with E-state index in [4.69, 9.17) is 4.52 Å². The number of rotatable bonds is 1. The molecule has 2 nitrogen and oxygen atoms in total. The molecule has 0 saturated carbocycles. The van der Waals surface area contributed by atoms with Gasteiger partial charge < -0.3 is 4.52 Å². The quantitative estimate of drug-likeness (QED) is 0.649. The first-order valence-electron chi connectivity index (χ1n) is 3.32. The fraction of sp³-hybridized carbons (Fsp3) is 0.125. The van der Waals surface area contributed by atoms with E-state index < -0.39 is 0 Å². The van der Waals surface area contributed by atoms with Crippen LogP contribution < -0.4 is 0 Å². The molecule has 0 fully saturated rings. The monoisotopic (exact) mass is 165 g/mol. The number of thiophene rings is 1. The fourth-order valence-electron chi connectivity index (χ4n) is 0.904. The molecule has 0 aliphatic rings. The number of aryl methyl sites for hydroxylation is 1. The maximum Gasteiger partial charge on any atom is 0.167 e. The molecule has 0 aromatic carbocycles. The van der Waals surface area contributed by atoms with Crippen molar-refractivity contribution in [2.75, 3.05) is 0 Å². The summed E-state index contributed by atoms with van der Waals surface area (Å²) in [6.07, 6.45) is 0. The fourth-order valence-corrected chi connectivity index (χ4v) is 1.55. The standard InChI is InChI=1S/C8H7NOS/c1-6-4-8(10-9-6)7-2-3-11-5-7/h2-5H,1H3. The van der Waals surface area contributed by atoms with Crippen LogP contribution in [0.15, 0.2) is 27.4 Å². The van der Waals surface area contributed by atoms with Crippen molar-refractivity contribution in [2.24, 2.45) is 0 Å². The Labute approximate surface area is 68.5 Å². The Morgan fingerprint density at radius 1 is 1.55 bits per heavy atom. The van der Waals surface area contributed by atoms with Crippen LogP contribution in [0, 0.1) is 6.92 Å². The molecule has 11 heavy (non-hydrogen) atoms. The Hall–Kier alpha value is -1.09. The van der Waals surface area contributed by atoms with E-state index in [-0.39, 0.29) is 0 Å². The van der Waals surface area contributed by atoms with Crippen LogP contribution in [0.2, 0.25) is 0 Å². The van der Waals surface area contributed by atoms with E-state index in [9.17, 15) is 0 Å². The maximum atomic E-state index is 5.07. The lowest BCUT2D eigenvalue weighted by Crippen LogP contribution is -1.62. The molecule has 2 rings (SSSR count). The van der Waals surface area contributed by atoms with Gasteiger partial charge in [0.1, 0.15) is 0 Å². The zero-order valence-electron chi connectivity index (χ0n) is 6.07. The average molecular weight is 165 g/mol. The molecule has 3 heteroatoms. The van der Waals surface area contributed by atoms with Crippen LogP contribution in [0.3, 0.4) is 0 Å². The topological polar surface area (TPSA) is 26.0 Å². The first-order valence-corrected chi connectivity index (χ1v) is 4.26. The maximum absolute atomic E-state index is 5.07. The molecule has 0 radical (unpaired) electrons. The molecule has 2 aromatic rings. The summed E-state index contributed by atoms with van der Waals surface area (Å²) in [4.78, 5) is 0. The van der Waals surface area contributed by atoms with Gasteiger partial charge in [0.2, 0.25) is 0 Å². The van der Waals surface area contributed by atoms with Crippen molar-refractivity contribution >= 4 is 11.3 Å². The van der Waals surface area contributed by atoms with Crippen molar-refractivity contribution in [3.8, 4) is 11.3 Å². The molecule has 0 atom stereocenters. The number of nitrogens with zero attached hydrogens (tertiary/aromatic N) is 1.